The van der Waals surface area contributed by atoms with Crippen LogP contribution in [0.15, 0.2) is 24.3 Å². The first-order chi connectivity index (χ1) is 10.3. The van der Waals surface area contributed by atoms with Crippen molar-refractivity contribution in [2.75, 3.05) is 19.6 Å². The number of hydrogen-bond acceptors (Lipinski definition) is 3. The van der Waals surface area contributed by atoms with Crippen LogP contribution < -0.4 is 5.32 Å². The molecule has 0 bridgehead atoms. The lowest BCUT2D eigenvalue weighted by Gasteiger charge is -2.26. The van der Waals surface area contributed by atoms with Gasteiger partial charge in [-0.2, -0.15) is 5.10 Å². The number of para-hydroxylation sites is 1. The van der Waals surface area contributed by atoms with Crippen molar-refractivity contribution in [2.45, 2.75) is 19.4 Å². The molecule has 0 spiro atoms. The third-order valence-electron chi connectivity index (χ3n) is 5.07. The molecule has 1 aromatic heterocycles. The molecular formula is C16H20N4O. The molecule has 2 saturated heterocycles. The minimum atomic E-state index is 0.0775. The highest BCUT2D eigenvalue weighted by Gasteiger charge is 2.45. The minimum absolute atomic E-state index is 0.0775. The summed E-state index contributed by atoms with van der Waals surface area (Å²) in [5.74, 6) is 1.28. The number of aromatic amines is 1. The van der Waals surface area contributed by atoms with Gasteiger partial charge < -0.3 is 10.2 Å². The van der Waals surface area contributed by atoms with E-state index in [4.69, 9.17) is 0 Å². The van der Waals surface area contributed by atoms with E-state index in [1.807, 2.05) is 24.3 Å². The first-order valence-electron chi connectivity index (χ1n) is 7.74. The fourth-order valence-electron chi connectivity index (χ4n) is 4.04. The molecule has 3 atom stereocenters. The van der Waals surface area contributed by atoms with E-state index in [9.17, 15) is 4.79 Å². The molecule has 2 aliphatic heterocycles. The predicted molar refractivity (Wildman–Crippen MR) is 81.1 cm³/mol. The number of amides is 1. The lowest BCUT2D eigenvalue weighted by atomic mass is 9.93. The number of fused-ring (bicyclic) bond motifs is 2. The maximum absolute atomic E-state index is 12.9. The van der Waals surface area contributed by atoms with Crippen molar-refractivity contribution in [1.29, 1.82) is 0 Å². The van der Waals surface area contributed by atoms with Gasteiger partial charge in [0.2, 0.25) is 0 Å². The quantitative estimate of drug-likeness (QED) is 0.881. The summed E-state index contributed by atoms with van der Waals surface area (Å²) in [4.78, 5) is 15.0. The Morgan fingerprint density at radius 1 is 1.38 bits per heavy atom. The molecule has 1 aromatic carbocycles. The molecule has 0 radical (unpaired) electrons. The van der Waals surface area contributed by atoms with Gasteiger partial charge in [0.15, 0.2) is 5.69 Å². The number of H-pyrrole nitrogens is 1. The second-order valence-corrected chi connectivity index (χ2v) is 6.13. The van der Waals surface area contributed by atoms with Gasteiger partial charge in [0, 0.05) is 31.1 Å². The van der Waals surface area contributed by atoms with Gasteiger partial charge in [-0.15, -0.1) is 0 Å². The van der Waals surface area contributed by atoms with Crippen molar-refractivity contribution in [3.05, 3.63) is 30.0 Å². The van der Waals surface area contributed by atoms with E-state index in [1.54, 1.807) is 0 Å². The molecule has 5 heteroatoms. The molecule has 3 heterocycles. The van der Waals surface area contributed by atoms with Gasteiger partial charge in [0.25, 0.3) is 5.91 Å². The summed E-state index contributed by atoms with van der Waals surface area (Å²) in [7, 11) is 0. The van der Waals surface area contributed by atoms with Crippen LogP contribution in [0.2, 0.25) is 0 Å². The highest BCUT2D eigenvalue weighted by molar-refractivity contribution is 6.04. The van der Waals surface area contributed by atoms with Crippen LogP contribution in [0.3, 0.4) is 0 Å². The normalized spacial score (nSPS) is 28.2. The maximum atomic E-state index is 12.9. The lowest BCUT2D eigenvalue weighted by molar-refractivity contribution is 0.0707. The Balaban J connectivity index is 1.68. The predicted octanol–water partition coefficient (Wildman–Crippen LogP) is 1.63. The van der Waals surface area contributed by atoms with E-state index < -0.39 is 0 Å². The third-order valence-corrected chi connectivity index (χ3v) is 5.07. The van der Waals surface area contributed by atoms with Crippen LogP contribution in [0.25, 0.3) is 10.9 Å². The number of carbonyl (C=O) groups excluding carboxylic acids is 1. The Hall–Kier alpha value is -1.88. The Labute approximate surface area is 123 Å². The molecule has 1 amide bonds. The molecule has 2 aliphatic rings. The van der Waals surface area contributed by atoms with E-state index in [0.717, 1.165) is 37.0 Å². The number of benzene rings is 1. The first kappa shape index (κ1) is 12.8. The summed E-state index contributed by atoms with van der Waals surface area (Å²) in [6, 6.07) is 8.17. The molecule has 4 rings (SSSR count). The van der Waals surface area contributed by atoms with Crippen LogP contribution in [-0.4, -0.2) is 46.7 Å². The zero-order valence-corrected chi connectivity index (χ0v) is 12.2. The number of carbonyl (C=O) groups is 1. The number of rotatable bonds is 2. The highest BCUT2D eigenvalue weighted by atomic mass is 16.2. The molecule has 0 aliphatic carbocycles. The van der Waals surface area contributed by atoms with Crippen LogP contribution in [-0.2, 0) is 0 Å². The Morgan fingerprint density at radius 2 is 2.24 bits per heavy atom. The van der Waals surface area contributed by atoms with E-state index in [2.05, 4.69) is 27.3 Å². The molecule has 110 valence electrons. The summed E-state index contributed by atoms with van der Waals surface area (Å²) >= 11 is 0. The van der Waals surface area contributed by atoms with E-state index in [0.29, 0.717) is 23.6 Å². The van der Waals surface area contributed by atoms with Crippen molar-refractivity contribution in [3.63, 3.8) is 0 Å². The number of nitrogens with zero attached hydrogens (tertiary/aromatic N) is 2. The fraction of sp³-hybridized carbons (Fsp3) is 0.500. The molecule has 2 N–H and O–H groups in total. The van der Waals surface area contributed by atoms with Gasteiger partial charge >= 0.3 is 0 Å². The molecule has 2 fully saturated rings. The number of aromatic nitrogens is 2. The summed E-state index contributed by atoms with van der Waals surface area (Å²) in [5.41, 5.74) is 1.49. The maximum Gasteiger partial charge on any atom is 0.275 e. The van der Waals surface area contributed by atoms with E-state index >= 15 is 0 Å². The topological polar surface area (TPSA) is 61.0 Å². The molecule has 5 nitrogen and oxygen atoms in total. The van der Waals surface area contributed by atoms with Crippen LogP contribution in [0.1, 0.15) is 23.8 Å². The van der Waals surface area contributed by atoms with Crippen LogP contribution in [0.5, 0.6) is 0 Å². The monoisotopic (exact) mass is 284 g/mol. The molecular weight excluding hydrogens is 264 g/mol. The van der Waals surface area contributed by atoms with Gasteiger partial charge in [-0.1, -0.05) is 25.1 Å². The summed E-state index contributed by atoms with van der Waals surface area (Å²) in [6.07, 6.45) is 1.01. The van der Waals surface area contributed by atoms with Gasteiger partial charge in [-0.3, -0.25) is 9.89 Å². The summed E-state index contributed by atoms with van der Waals surface area (Å²) in [5, 5.41) is 11.6. The average Bonchev–Trinajstić information content (AvgIpc) is 3.19. The van der Waals surface area contributed by atoms with Crippen molar-refractivity contribution in [3.8, 4) is 0 Å². The van der Waals surface area contributed by atoms with Crippen molar-refractivity contribution in [1.82, 2.24) is 20.4 Å². The molecule has 0 saturated carbocycles. The van der Waals surface area contributed by atoms with Gasteiger partial charge in [-0.25, -0.2) is 0 Å². The van der Waals surface area contributed by atoms with Crippen molar-refractivity contribution in [2.24, 2.45) is 11.8 Å². The van der Waals surface area contributed by atoms with Gasteiger partial charge in [0.05, 0.1) is 5.52 Å². The smallest absolute Gasteiger partial charge is 0.275 e. The summed E-state index contributed by atoms with van der Waals surface area (Å²) in [6.45, 7) is 5.10. The third kappa shape index (κ3) is 1.87. The Morgan fingerprint density at radius 3 is 3.10 bits per heavy atom. The molecule has 2 aromatic rings. The van der Waals surface area contributed by atoms with E-state index in [1.165, 1.54) is 0 Å². The zero-order valence-electron chi connectivity index (χ0n) is 12.2. The number of likely N-dealkylation sites (tertiary alicyclic amines) is 1. The second-order valence-electron chi connectivity index (χ2n) is 6.13. The minimum Gasteiger partial charge on any atom is -0.334 e. The van der Waals surface area contributed by atoms with Gasteiger partial charge in [0.1, 0.15) is 0 Å². The van der Waals surface area contributed by atoms with Crippen LogP contribution in [0.4, 0.5) is 0 Å². The van der Waals surface area contributed by atoms with Crippen molar-refractivity contribution >= 4 is 16.8 Å². The highest BCUT2D eigenvalue weighted by Crippen LogP contribution is 2.35. The Kier molecular flexibility index (Phi) is 2.96. The first-order valence-corrected chi connectivity index (χ1v) is 7.74. The average molecular weight is 284 g/mol. The SMILES string of the molecule is CCC1C2CNCC2CN1C(=O)c1n[nH]c2ccccc12. The lowest BCUT2D eigenvalue weighted by Crippen LogP contribution is -2.39. The largest absolute Gasteiger partial charge is 0.334 e. The zero-order chi connectivity index (χ0) is 14.4. The fourth-order valence-corrected chi connectivity index (χ4v) is 4.04. The van der Waals surface area contributed by atoms with Gasteiger partial charge in [-0.05, 0) is 24.3 Å². The summed E-state index contributed by atoms with van der Waals surface area (Å²) < 4.78 is 0. The van der Waals surface area contributed by atoms with Crippen molar-refractivity contribution < 1.29 is 4.79 Å². The van der Waals surface area contributed by atoms with Crippen LogP contribution in [0, 0.1) is 11.8 Å². The second kappa shape index (κ2) is 4.84. The van der Waals surface area contributed by atoms with Crippen LogP contribution >= 0.6 is 0 Å². The Bertz CT molecular complexity index is 680. The molecule has 21 heavy (non-hydrogen) atoms. The molecule has 3 unspecified atom stereocenters. The standard InChI is InChI=1S/C16H20N4O/c1-2-14-12-8-17-7-10(12)9-20(14)16(21)15-11-5-3-4-6-13(11)18-19-15/h3-6,10,12,14,17H,2,7-9H2,1H3,(H,18,19). The van der Waals surface area contributed by atoms with E-state index in [-0.39, 0.29) is 5.91 Å². The number of nitrogens with one attached hydrogen (secondary N) is 2. The number of hydrogen-bond donors (Lipinski definition) is 2.